The zero-order valence-corrected chi connectivity index (χ0v) is 9.38. The van der Waals surface area contributed by atoms with Crippen LogP contribution in [-0.2, 0) is 4.74 Å². The van der Waals surface area contributed by atoms with Crippen molar-refractivity contribution in [1.29, 1.82) is 0 Å². The van der Waals surface area contributed by atoms with Gasteiger partial charge in [0.15, 0.2) is 5.43 Å². The van der Waals surface area contributed by atoms with Gasteiger partial charge >= 0.3 is 5.97 Å². The maximum atomic E-state index is 11.6. The van der Waals surface area contributed by atoms with Gasteiger partial charge in [-0.1, -0.05) is 0 Å². The van der Waals surface area contributed by atoms with Crippen LogP contribution in [0.3, 0.4) is 0 Å². The first-order valence-corrected chi connectivity index (χ1v) is 4.72. The first-order valence-electron chi connectivity index (χ1n) is 4.72. The standard InChI is InChI=1S/C11H15NO3/c1-7-5-9(13)8(6-12-7)10(14)15-11(2,3)4/h5-6H,1-4H3,(H,12,13). The molecule has 1 N–H and O–H groups in total. The molecule has 0 atom stereocenters. The number of carbonyl (C=O) groups is 1. The van der Waals surface area contributed by atoms with Crippen LogP contribution in [0.2, 0.25) is 0 Å². The van der Waals surface area contributed by atoms with E-state index in [9.17, 15) is 9.59 Å². The molecule has 15 heavy (non-hydrogen) atoms. The number of aryl methyl sites for hydroxylation is 1. The molecule has 4 nitrogen and oxygen atoms in total. The summed E-state index contributed by atoms with van der Waals surface area (Å²) in [4.78, 5) is 25.8. The van der Waals surface area contributed by atoms with Crippen molar-refractivity contribution >= 4 is 5.97 Å². The first-order chi connectivity index (χ1) is 6.79. The summed E-state index contributed by atoms with van der Waals surface area (Å²) < 4.78 is 5.09. The van der Waals surface area contributed by atoms with Crippen LogP contribution in [0.5, 0.6) is 0 Å². The Morgan fingerprint density at radius 1 is 1.40 bits per heavy atom. The molecule has 0 aliphatic rings. The zero-order chi connectivity index (χ0) is 11.6. The van der Waals surface area contributed by atoms with Crippen molar-refractivity contribution in [3.63, 3.8) is 0 Å². The minimum atomic E-state index is -0.594. The van der Waals surface area contributed by atoms with Crippen LogP contribution in [0.15, 0.2) is 17.1 Å². The molecule has 1 aromatic heterocycles. The van der Waals surface area contributed by atoms with E-state index in [1.54, 1.807) is 27.7 Å². The van der Waals surface area contributed by atoms with E-state index in [-0.39, 0.29) is 11.0 Å². The number of rotatable bonds is 1. The van der Waals surface area contributed by atoms with Gasteiger partial charge < -0.3 is 9.72 Å². The number of nitrogens with one attached hydrogen (secondary N) is 1. The number of hydrogen-bond donors (Lipinski definition) is 1. The molecule has 0 spiro atoms. The predicted octanol–water partition coefficient (Wildman–Crippen LogP) is 1.64. The van der Waals surface area contributed by atoms with Crippen molar-refractivity contribution in [2.24, 2.45) is 0 Å². The van der Waals surface area contributed by atoms with Crippen LogP contribution >= 0.6 is 0 Å². The van der Waals surface area contributed by atoms with Crippen molar-refractivity contribution in [2.75, 3.05) is 0 Å². The van der Waals surface area contributed by atoms with Gasteiger partial charge in [0.25, 0.3) is 0 Å². The third-order valence-corrected chi connectivity index (χ3v) is 1.68. The zero-order valence-electron chi connectivity index (χ0n) is 9.38. The van der Waals surface area contributed by atoms with Gasteiger partial charge in [0.1, 0.15) is 11.2 Å². The molecule has 1 aromatic rings. The van der Waals surface area contributed by atoms with Gasteiger partial charge in [-0.05, 0) is 27.7 Å². The summed E-state index contributed by atoms with van der Waals surface area (Å²) in [7, 11) is 0. The fraction of sp³-hybridized carbons (Fsp3) is 0.455. The molecular weight excluding hydrogens is 194 g/mol. The molecule has 0 aliphatic heterocycles. The van der Waals surface area contributed by atoms with Gasteiger partial charge in [-0.15, -0.1) is 0 Å². The molecule has 1 heterocycles. The molecule has 0 aromatic carbocycles. The smallest absolute Gasteiger partial charge is 0.344 e. The number of esters is 1. The third-order valence-electron chi connectivity index (χ3n) is 1.68. The second kappa shape index (κ2) is 3.88. The molecular formula is C11H15NO3. The Labute approximate surface area is 88.3 Å². The topological polar surface area (TPSA) is 59.2 Å². The molecule has 0 radical (unpaired) electrons. The highest BCUT2D eigenvalue weighted by molar-refractivity contribution is 5.89. The first kappa shape index (κ1) is 11.5. The number of aromatic nitrogens is 1. The van der Waals surface area contributed by atoms with Gasteiger partial charge in [0.05, 0.1) is 0 Å². The van der Waals surface area contributed by atoms with E-state index in [0.717, 1.165) is 0 Å². The highest BCUT2D eigenvalue weighted by Crippen LogP contribution is 2.09. The van der Waals surface area contributed by atoms with E-state index < -0.39 is 11.6 Å². The van der Waals surface area contributed by atoms with Crippen LogP contribution in [0.25, 0.3) is 0 Å². The van der Waals surface area contributed by atoms with Gasteiger partial charge in [-0.3, -0.25) is 4.79 Å². The van der Waals surface area contributed by atoms with E-state index >= 15 is 0 Å². The lowest BCUT2D eigenvalue weighted by Crippen LogP contribution is -2.27. The predicted molar refractivity (Wildman–Crippen MR) is 57.0 cm³/mol. The molecule has 0 bridgehead atoms. The lowest BCUT2D eigenvalue weighted by molar-refractivity contribution is 0.00677. The fourth-order valence-electron chi connectivity index (χ4n) is 1.07. The summed E-state index contributed by atoms with van der Waals surface area (Å²) in [5.41, 5.74) is -0.155. The summed E-state index contributed by atoms with van der Waals surface area (Å²) >= 11 is 0. The van der Waals surface area contributed by atoms with Crippen molar-refractivity contribution in [3.8, 4) is 0 Å². The van der Waals surface area contributed by atoms with E-state index in [0.29, 0.717) is 5.69 Å². The number of carbonyl (C=O) groups excluding carboxylic acids is 1. The average Bonchev–Trinajstić information content (AvgIpc) is 1.99. The lowest BCUT2D eigenvalue weighted by atomic mass is 10.2. The number of aromatic amines is 1. The third kappa shape index (κ3) is 3.23. The molecule has 0 fully saturated rings. The average molecular weight is 209 g/mol. The number of H-pyrrole nitrogens is 1. The Hall–Kier alpha value is -1.58. The molecule has 0 unspecified atom stereocenters. The minimum absolute atomic E-state index is 0.0375. The van der Waals surface area contributed by atoms with E-state index in [2.05, 4.69) is 4.98 Å². The highest BCUT2D eigenvalue weighted by Gasteiger charge is 2.19. The van der Waals surface area contributed by atoms with Gasteiger partial charge in [-0.2, -0.15) is 0 Å². The Balaban J connectivity index is 2.98. The lowest BCUT2D eigenvalue weighted by Gasteiger charge is -2.19. The summed E-state index contributed by atoms with van der Waals surface area (Å²) in [5, 5.41) is 0. The second-order valence-electron chi connectivity index (χ2n) is 4.40. The summed E-state index contributed by atoms with van der Waals surface area (Å²) in [5.74, 6) is -0.594. The van der Waals surface area contributed by atoms with Crippen LogP contribution in [0, 0.1) is 6.92 Å². The van der Waals surface area contributed by atoms with E-state index in [1.807, 2.05) is 0 Å². The second-order valence-corrected chi connectivity index (χ2v) is 4.40. The van der Waals surface area contributed by atoms with E-state index in [1.165, 1.54) is 12.3 Å². The fourth-order valence-corrected chi connectivity index (χ4v) is 1.07. The van der Waals surface area contributed by atoms with Crippen LogP contribution in [0.1, 0.15) is 36.8 Å². The Morgan fingerprint density at radius 3 is 2.47 bits per heavy atom. The minimum Gasteiger partial charge on any atom is -0.456 e. The molecule has 82 valence electrons. The molecule has 0 aliphatic carbocycles. The van der Waals surface area contributed by atoms with Crippen LogP contribution < -0.4 is 5.43 Å². The summed E-state index contributed by atoms with van der Waals surface area (Å²) in [6, 6.07) is 1.37. The Bertz CT molecular complexity index is 426. The Morgan fingerprint density at radius 2 is 2.00 bits per heavy atom. The summed E-state index contributed by atoms with van der Waals surface area (Å²) in [6.07, 6.45) is 1.38. The van der Waals surface area contributed by atoms with Gasteiger partial charge in [0.2, 0.25) is 0 Å². The van der Waals surface area contributed by atoms with Gasteiger partial charge in [0, 0.05) is 18.0 Å². The molecule has 4 heteroatoms. The SMILES string of the molecule is Cc1cc(=O)c(C(=O)OC(C)(C)C)c[nH]1. The number of hydrogen-bond acceptors (Lipinski definition) is 3. The summed E-state index contributed by atoms with van der Waals surface area (Å²) in [6.45, 7) is 7.02. The maximum absolute atomic E-state index is 11.6. The normalized spacial score (nSPS) is 11.2. The van der Waals surface area contributed by atoms with Crippen LogP contribution in [0.4, 0.5) is 0 Å². The largest absolute Gasteiger partial charge is 0.456 e. The molecule has 1 rings (SSSR count). The maximum Gasteiger partial charge on any atom is 0.344 e. The van der Waals surface area contributed by atoms with Gasteiger partial charge in [-0.25, -0.2) is 4.79 Å². The quantitative estimate of drug-likeness (QED) is 0.715. The number of ether oxygens (including phenoxy) is 1. The molecule has 0 saturated carbocycles. The van der Waals surface area contributed by atoms with Crippen molar-refractivity contribution in [3.05, 3.63) is 33.7 Å². The highest BCUT2D eigenvalue weighted by atomic mass is 16.6. The van der Waals surface area contributed by atoms with E-state index in [4.69, 9.17) is 4.74 Å². The molecule has 0 amide bonds. The van der Waals surface area contributed by atoms with Crippen molar-refractivity contribution < 1.29 is 9.53 Å². The van der Waals surface area contributed by atoms with Crippen molar-refractivity contribution in [1.82, 2.24) is 4.98 Å². The van der Waals surface area contributed by atoms with Crippen molar-refractivity contribution in [2.45, 2.75) is 33.3 Å². The number of pyridine rings is 1. The molecule has 0 saturated heterocycles. The Kier molecular flexibility index (Phi) is 2.98. The van der Waals surface area contributed by atoms with Crippen LogP contribution in [-0.4, -0.2) is 16.6 Å². The monoisotopic (exact) mass is 209 g/mol.